The zero-order valence-corrected chi connectivity index (χ0v) is 11.5. The van der Waals surface area contributed by atoms with Gasteiger partial charge in [0.2, 0.25) is 0 Å². The van der Waals surface area contributed by atoms with Gasteiger partial charge in [-0.2, -0.15) is 0 Å². The van der Waals surface area contributed by atoms with Gasteiger partial charge in [-0.05, 0) is 33.6 Å². The normalized spacial score (nSPS) is 20.2. The molecule has 18 heavy (non-hydrogen) atoms. The second-order valence-electron chi connectivity index (χ2n) is 5.76. The van der Waals surface area contributed by atoms with E-state index in [4.69, 9.17) is 4.74 Å². The molecule has 2 heterocycles. The number of hydrogen-bond acceptors (Lipinski definition) is 3. The minimum Gasteiger partial charge on any atom is -0.444 e. The van der Waals surface area contributed by atoms with Crippen molar-refractivity contribution in [1.29, 1.82) is 0 Å². The van der Waals surface area contributed by atoms with E-state index in [2.05, 4.69) is 4.98 Å². The van der Waals surface area contributed by atoms with Gasteiger partial charge in [0, 0.05) is 13.6 Å². The van der Waals surface area contributed by atoms with E-state index in [-0.39, 0.29) is 12.1 Å². The van der Waals surface area contributed by atoms with Gasteiger partial charge in [-0.25, -0.2) is 9.78 Å². The van der Waals surface area contributed by atoms with Gasteiger partial charge in [-0.1, -0.05) is 0 Å². The second-order valence-corrected chi connectivity index (χ2v) is 5.76. The van der Waals surface area contributed by atoms with E-state index in [1.165, 1.54) is 0 Å². The van der Waals surface area contributed by atoms with Crippen molar-refractivity contribution >= 4 is 6.09 Å². The van der Waals surface area contributed by atoms with Crippen molar-refractivity contribution in [3.8, 4) is 0 Å². The smallest absolute Gasteiger partial charge is 0.410 e. The maximum atomic E-state index is 12.2. The molecule has 0 aliphatic carbocycles. The van der Waals surface area contributed by atoms with Crippen LogP contribution in [0, 0.1) is 0 Å². The maximum absolute atomic E-state index is 12.2. The summed E-state index contributed by atoms with van der Waals surface area (Å²) in [5.74, 6) is 0. The molecular weight excluding hydrogens is 230 g/mol. The molecule has 1 aromatic rings. The lowest BCUT2D eigenvalue weighted by Gasteiger charge is -2.28. The highest BCUT2D eigenvalue weighted by atomic mass is 16.6. The Morgan fingerprint density at radius 3 is 2.78 bits per heavy atom. The number of nitrogens with zero attached hydrogens (tertiary/aromatic N) is 3. The summed E-state index contributed by atoms with van der Waals surface area (Å²) in [7, 11) is 1.95. The first kappa shape index (κ1) is 12.9. The van der Waals surface area contributed by atoms with E-state index < -0.39 is 5.60 Å². The minimum absolute atomic E-state index is 0.0901. The Balaban J connectivity index is 2.13. The molecule has 5 heteroatoms. The van der Waals surface area contributed by atoms with Gasteiger partial charge < -0.3 is 9.30 Å². The maximum Gasteiger partial charge on any atom is 0.410 e. The molecule has 0 aromatic carbocycles. The van der Waals surface area contributed by atoms with Crippen LogP contribution in [0.2, 0.25) is 0 Å². The van der Waals surface area contributed by atoms with Gasteiger partial charge in [0.25, 0.3) is 0 Å². The number of aryl methyl sites for hydroxylation is 1. The van der Waals surface area contributed by atoms with E-state index in [0.29, 0.717) is 0 Å². The minimum atomic E-state index is -0.448. The highest BCUT2D eigenvalue weighted by Crippen LogP contribution is 2.32. The van der Waals surface area contributed by atoms with Crippen LogP contribution in [0.3, 0.4) is 0 Å². The molecule has 0 radical (unpaired) electrons. The topological polar surface area (TPSA) is 47.4 Å². The van der Waals surface area contributed by atoms with Crippen LogP contribution in [0.4, 0.5) is 4.79 Å². The fraction of sp³-hybridized carbons (Fsp3) is 0.692. The Hall–Kier alpha value is -1.52. The van der Waals surface area contributed by atoms with Gasteiger partial charge in [0.05, 0.1) is 24.3 Å². The van der Waals surface area contributed by atoms with E-state index in [1.807, 2.05) is 43.5 Å². The first-order valence-electron chi connectivity index (χ1n) is 6.34. The van der Waals surface area contributed by atoms with E-state index >= 15 is 0 Å². The molecule has 0 unspecified atom stereocenters. The fourth-order valence-electron chi connectivity index (χ4n) is 2.30. The molecule has 0 saturated carbocycles. The van der Waals surface area contributed by atoms with Crippen molar-refractivity contribution in [2.75, 3.05) is 6.54 Å². The summed E-state index contributed by atoms with van der Waals surface area (Å²) >= 11 is 0. The summed E-state index contributed by atoms with van der Waals surface area (Å²) < 4.78 is 7.41. The Morgan fingerprint density at radius 2 is 2.22 bits per heavy atom. The SMILES string of the molecule is Cn1cncc1[C@@H]1CCCN1C(=O)OC(C)(C)C. The van der Waals surface area contributed by atoms with E-state index in [9.17, 15) is 4.79 Å². The molecule has 0 spiro atoms. The number of rotatable bonds is 1. The summed E-state index contributed by atoms with van der Waals surface area (Å²) in [4.78, 5) is 18.1. The van der Waals surface area contributed by atoms with Crippen LogP contribution in [-0.4, -0.2) is 32.7 Å². The third-order valence-corrected chi connectivity index (χ3v) is 3.08. The quantitative estimate of drug-likeness (QED) is 0.770. The largest absolute Gasteiger partial charge is 0.444 e. The average molecular weight is 251 g/mol. The standard InChI is InChI=1S/C13H21N3O2/c1-13(2,3)18-12(17)16-7-5-6-10(16)11-8-14-9-15(11)4/h8-10H,5-7H2,1-4H3/t10-/m0/s1. The molecule has 0 N–H and O–H groups in total. The molecule has 5 nitrogen and oxygen atoms in total. The second kappa shape index (κ2) is 4.63. The van der Waals surface area contributed by atoms with Gasteiger partial charge >= 0.3 is 6.09 Å². The van der Waals surface area contributed by atoms with Crippen LogP contribution in [0.15, 0.2) is 12.5 Å². The summed E-state index contributed by atoms with van der Waals surface area (Å²) in [5.41, 5.74) is 0.620. The number of aromatic nitrogens is 2. The van der Waals surface area contributed by atoms with Crippen molar-refractivity contribution in [3.05, 3.63) is 18.2 Å². The number of carbonyl (C=O) groups is 1. The number of imidazole rings is 1. The van der Waals surface area contributed by atoms with Crippen LogP contribution >= 0.6 is 0 Å². The molecule has 1 aliphatic rings. The number of carbonyl (C=O) groups excluding carboxylic acids is 1. The zero-order valence-electron chi connectivity index (χ0n) is 11.5. The Morgan fingerprint density at radius 1 is 1.50 bits per heavy atom. The number of ether oxygens (including phenoxy) is 1. The molecule has 2 rings (SSSR count). The molecular formula is C13H21N3O2. The number of hydrogen-bond donors (Lipinski definition) is 0. The lowest BCUT2D eigenvalue weighted by atomic mass is 10.1. The molecule has 1 atom stereocenters. The first-order chi connectivity index (χ1) is 8.38. The average Bonchev–Trinajstić information content (AvgIpc) is 2.82. The zero-order chi connectivity index (χ0) is 13.3. The molecule has 1 saturated heterocycles. The van der Waals surface area contributed by atoms with Crippen LogP contribution in [0.5, 0.6) is 0 Å². The van der Waals surface area contributed by atoms with E-state index in [0.717, 1.165) is 25.1 Å². The molecule has 1 fully saturated rings. The predicted octanol–water partition coefficient (Wildman–Crippen LogP) is 2.49. The van der Waals surface area contributed by atoms with Gasteiger partial charge in [-0.15, -0.1) is 0 Å². The van der Waals surface area contributed by atoms with Crippen molar-refractivity contribution in [2.45, 2.75) is 45.3 Å². The molecule has 1 aromatic heterocycles. The number of likely N-dealkylation sites (tertiary alicyclic amines) is 1. The highest BCUT2D eigenvalue weighted by molar-refractivity contribution is 5.69. The molecule has 1 aliphatic heterocycles. The Labute approximate surface area is 108 Å². The summed E-state index contributed by atoms with van der Waals surface area (Å²) in [6.07, 6.45) is 5.34. The van der Waals surface area contributed by atoms with Gasteiger partial charge in [0.1, 0.15) is 5.60 Å². The predicted molar refractivity (Wildman–Crippen MR) is 68.1 cm³/mol. The van der Waals surface area contributed by atoms with Crippen molar-refractivity contribution < 1.29 is 9.53 Å². The fourth-order valence-corrected chi connectivity index (χ4v) is 2.30. The van der Waals surface area contributed by atoms with Crippen LogP contribution in [0.1, 0.15) is 45.3 Å². The Kier molecular flexibility index (Phi) is 3.32. The Bertz CT molecular complexity index is 434. The lowest BCUT2D eigenvalue weighted by molar-refractivity contribution is 0.0220. The summed E-state index contributed by atoms with van der Waals surface area (Å²) in [5, 5.41) is 0. The first-order valence-corrected chi connectivity index (χ1v) is 6.34. The molecule has 0 bridgehead atoms. The van der Waals surface area contributed by atoms with Gasteiger partial charge in [0.15, 0.2) is 0 Å². The van der Waals surface area contributed by atoms with Crippen LogP contribution in [0.25, 0.3) is 0 Å². The van der Waals surface area contributed by atoms with Gasteiger partial charge in [-0.3, -0.25) is 4.90 Å². The van der Waals surface area contributed by atoms with E-state index in [1.54, 1.807) is 6.33 Å². The highest BCUT2D eigenvalue weighted by Gasteiger charge is 2.34. The monoisotopic (exact) mass is 251 g/mol. The molecule has 1 amide bonds. The summed E-state index contributed by atoms with van der Waals surface area (Å²) in [6.45, 7) is 6.42. The van der Waals surface area contributed by atoms with Crippen molar-refractivity contribution in [1.82, 2.24) is 14.5 Å². The number of amides is 1. The molecule has 100 valence electrons. The third-order valence-electron chi connectivity index (χ3n) is 3.08. The summed E-state index contributed by atoms with van der Waals surface area (Å²) in [6, 6.07) is 0.0901. The lowest BCUT2D eigenvalue weighted by Crippen LogP contribution is -2.36. The van der Waals surface area contributed by atoms with Crippen molar-refractivity contribution in [2.24, 2.45) is 7.05 Å². The third kappa shape index (κ3) is 2.66. The van der Waals surface area contributed by atoms with Crippen LogP contribution < -0.4 is 0 Å². The van der Waals surface area contributed by atoms with Crippen LogP contribution in [-0.2, 0) is 11.8 Å². The van der Waals surface area contributed by atoms with Crippen molar-refractivity contribution in [3.63, 3.8) is 0 Å².